The number of rotatable bonds is 6. The van der Waals surface area contributed by atoms with Gasteiger partial charge in [-0.15, -0.1) is 0 Å². The van der Waals surface area contributed by atoms with Crippen LogP contribution >= 0.6 is 0 Å². The highest BCUT2D eigenvalue weighted by atomic mass is 16.5. The maximum Gasteiger partial charge on any atom is 0.295 e. The van der Waals surface area contributed by atoms with Crippen LogP contribution in [0.2, 0.25) is 0 Å². The SMILES string of the molecule is CCOc1ccc(/C(O)=C2/C(=O)C(=O)N(CC3CCCO3)C2c2ccccn2)cc1. The van der Waals surface area contributed by atoms with Crippen molar-refractivity contribution in [2.75, 3.05) is 19.8 Å². The van der Waals surface area contributed by atoms with E-state index in [1.54, 1.807) is 48.7 Å². The lowest BCUT2D eigenvalue weighted by molar-refractivity contribution is -0.140. The molecule has 7 heteroatoms. The molecule has 1 aromatic heterocycles. The van der Waals surface area contributed by atoms with Crippen molar-refractivity contribution in [2.24, 2.45) is 0 Å². The summed E-state index contributed by atoms with van der Waals surface area (Å²) in [6.07, 6.45) is 3.24. The van der Waals surface area contributed by atoms with E-state index >= 15 is 0 Å². The third-order valence-electron chi connectivity index (χ3n) is 5.37. The van der Waals surface area contributed by atoms with Crippen LogP contribution in [-0.2, 0) is 14.3 Å². The quantitative estimate of drug-likeness (QED) is 0.449. The van der Waals surface area contributed by atoms with Crippen LogP contribution in [0.15, 0.2) is 54.2 Å². The van der Waals surface area contributed by atoms with Gasteiger partial charge in [0, 0.05) is 24.9 Å². The lowest BCUT2D eigenvalue weighted by atomic mass is 9.98. The minimum absolute atomic E-state index is 0.0425. The summed E-state index contributed by atoms with van der Waals surface area (Å²) in [6.45, 7) is 3.34. The van der Waals surface area contributed by atoms with Crippen molar-refractivity contribution in [2.45, 2.75) is 31.9 Å². The molecule has 0 saturated carbocycles. The number of ketones is 1. The first kappa shape index (κ1) is 20.1. The fourth-order valence-electron chi connectivity index (χ4n) is 3.95. The van der Waals surface area contributed by atoms with Crippen molar-refractivity contribution < 1.29 is 24.2 Å². The van der Waals surface area contributed by atoms with Crippen molar-refractivity contribution in [1.29, 1.82) is 0 Å². The van der Waals surface area contributed by atoms with Gasteiger partial charge < -0.3 is 19.5 Å². The second kappa shape index (κ2) is 8.67. The van der Waals surface area contributed by atoms with Crippen molar-refractivity contribution in [3.63, 3.8) is 0 Å². The van der Waals surface area contributed by atoms with Crippen molar-refractivity contribution in [1.82, 2.24) is 9.88 Å². The molecule has 2 aliphatic rings. The summed E-state index contributed by atoms with van der Waals surface area (Å²) in [7, 11) is 0. The van der Waals surface area contributed by atoms with Gasteiger partial charge >= 0.3 is 0 Å². The molecule has 2 aromatic rings. The first-order chi connectivity index (χ1) is 14.6. The van der Waals surface area contributed by atoms with Gasteiger partial charge in [0.2, 0.25) is 0 Å². The summed E-state index contributed by atoms with van der Waals surface area (Å²) >= 11 is 0. The highest BCUT2D eigenvalue weighted by Gasteiger charge is 2.47. The maximum absolute atomic E-state index is 13.0. The van der Waals surface area contributed by atoms with E-state index in [-0.39, 0.29) is 24.0 Å². The largest absolute Gasteiger partial charge is 0.507 e. The number of Topliss-reactive ketones (excluding diaryl/α,β-unsaturated/α-hetero) is 1. The molecule has 2 atom stereocenters. The molecule has 2 aliphatic heterocycles. The number of likely N-dealkylation sites (tertiary alicyclic amines) is 1. The van der Waals surface area contributed by atoms with Crippen LogP contribution < -0.4 is 4.74 Å². The summed E-state index contributed by atoms with van der Waals surface area (Å²) in [6, 6.07) is 11.3. The number of aromatic nitrogens is 1. The number of aliphatic hydroxyl groups excluding tert-OH is 1. The smallest absolute Gasteiger partial charge is 0.295 e. The molecule has 30 heavy (non-hydrogen) atoms. The Balaban J connectivity index is 1.76. The zero-order valence-electron chi connectivity index (χ0n) is 16.8. The van der Waals surface area contributed by atoms with Gasteiger partial charge in [0.05, 0.1) is 24.0 Å². The normalized spacial score (nSPS) is 23.2. The van der Waals surface area contributed by atoms with Gasteiger partial charge in [-0.2, -0.15) is 0 Å². The minimum atomic E-state index is -0.762. The fraction of sp³-hybridized carbons (Fsp3) is 0.348. The van der Waals surface area contributed by atoms with E-state index in [9.17, 15) is 14.7 Å². The second-order valence-electron chi connectivity index (χ2n) is 7.30. The predicted molar refractivity (Wildman–Crippen MR) is 110 cm³/mol. The van der Waals surface area contributed by atoms with Crippen LogP contribution in [0.4, 0.5) is 0 Å². The highest BCUT2D eigenvalue weighted by molar-refractivity contribution is 6.46. The molecular formula is C23H24N2O5. The van der Waals surface area contributed by atoms with Gasteiger partial charge in [-0.25, -0.2) is 0 Å². The molecule has 156 valence electrons. The van der Waals surface area contributed by atoms with Gasteiger partial charge in [0.15, 0.2) is 0 Å². The average molecular weight is 408 g/mol. The average Bonchev–Trinajstić information content (AvgIpc) is 3.37. The van der Waals surface area contributed by atoms with Crippen LogP contribution in [0.5, 0.6) is 5.75 Å². The first-order valence-corrected chi connectivity index (χ1v) is 10.1. The molecule has 2 unspecified atom stereocenters. The number of hydrogen-bond acceptors (Lipinski definition) is 6. The lowest BCUT2D eigenvalue weighted by Crippen LogP contribution is -2.36. The Morgan fingerprint density at radius 2 is 2.03 bits per heavy atom. The van der Waals surface area contributed by atoms with E-state index in [0.717, 1.165) is 12.8 Å². The summed E-state index contributed by atoms with van der Waals surface area (Å²) in [4.78, 5) is 31.7. The Kier molecular flexibility index (Phi) is 5.81. The van der Waals surface area contributed by atoms with Gasteiger partial charge in [-0.05, 0) is 56.2 Å². The number of ether oxygens (including phenoxy) is 2. The van der Waals surface area contributed by atoms with E-state index in [1.165, 1.54) is 4.90 Å². The molecule has 3 heterocycles. The lowest BCUT2D eigenvalue weighted by Gasteiger charge is -2.26. The van der Waals surface area contributed by atoms with Gasteiger partial charge in [0.25, 0.3) is 11.7 Å². The van der Waals surface area contributed by atoms with E-state index in [4.69, 9.17) is 9.47 Å². The fourth-order valence-corrected chi connectivity index (χ4v) is 3.95. The molecule has 2 saturated heterocycles. The third kappa shape index (κ3) is 3.80. The van der Waals surface area contributed by atoms with Gasteiger partial charge in [-0.1, -0.05) is 6.07 Å². The van der Waals surface area contributed by atoms with E-state index in [0.29, 0.717) is 30.2 Å². The predicted octanol–water partition coefficient (Wildman–Crippen LogP) is 3.08. The number of benzene rings is 1. The number of carbonyl (C=O) groups excluding carboxylic acids is 2. The standard InChI is InChI=1S/C23H24N2O5/c1-2-29-16-10-8-15(9-11-16)21(26)19-20(18-7-3-4-12-24-18)25(23(28)22(19)27)14-17-6-5-13-30-17/h3-4,7-12,17,20,26H,2,5-6,13-14H2,1H3/b21-19-. The van der Waals surface area contributed by atoms with Crippen LogP contribution in [0.25, 0.3) is 5.76 Å². The molecule has 4 rings (SSSR count). The molecule has 0 spiro atoms. The maximum atomic E-state index is 13.0. The van der Waals surface area contributed by atoms with E-state index in [1.807, 2.05) is 6.92 Å². The Hall–Kier alpha value is -3.19. The molecular weight excluding hydrogens is 384 g/mol. The molecule has 0 aliphatic carbocycles. The van der Waals surface area contributed by atoms with E-state index in [2.05, 4.69) is 4.98 Å². The number of carbonyl (C=O) groups is 2. The Bertz CT molecular complexity index is 949. The summed E-state index contributed by atoms with van der Waals surface area (Å²) in [5.41, 5.74) is 1.01. The Morgan fingerprint density at radius 1 is 1.23 bits per heavy atom. The van der Waals surface area contributed by atoms with Crippen molar-refractivity contribution in [3.05, 3.63) is 65.5 Å². The van der Waals surface area contributed by atoms with Crippen LogP contribution in [-0.4, -0.2) is 52.5 Å². The minimum Gasteiger partial charge on any atom is -0.507 e. The monoisotopic (exact) mass is 408 g/mol. The second-order valence-corrected chi connectivity index (χ2v) is 7.30. The zero-order chi connectivity index (χ0) is 21.1. The number of aliphatic hydroxyl groups is 1. The number of hydrogen-bond donors (Lipinski definition) is 1. The molecule has 1 N–H and O–H groups in total. The topological polar surface area (TPSA) is 89.0 Å². The molecule has 1 aromatic carbocycles. The van der Waals surface area contributed by atoms with Gasteiger partial charge in [0.1, 0.15) is 17.6 Å². The first-order valence-electron chi connectivity index (χ1n) is 10.1. The highest BCUT2D eigenvalue weighted by Crippen LogP contribution is 2.39. The molecule has 0 radical (unpaired) electrons. The Labute approximate surface area is 174 Å². The van der Waals surface area contributed by atoms with E-state index < -0.39 is 17.7 Å². The molecule has 0 bridgehead atoms. The molecule has 1 amide bonds. The zero-order valence-corrected chi connectivity index (χ0v) is 16.8. The molecule has 7 nitrogen and oxygen atoms in total. The van der Waals surface area contributed by atoms with Crippen LogP contribution in [0.3, 0.4) is 0 Å². The number of amides is 1. The third-order valence-corrected chi connectivity index (χ3v) is 5.37. The van der Waals surface area contributed by atoms with Gasteiger partial charge in [-0.3, -0.25) is 14.6 Å². The van der Waals surface area contributed by atoms with Crippen LogP contribution in [0, 0.1) is 0 Å². The molecule has 2 fully saturated rings. The number of pyridine rings is 1. The summed E-state index contributed by atoms with van der Waals surface area (Å²) < 4.78 is 11.1. The number of nitrogens with zero attached hydrogens (tertiary/aromatic N) is 2. The Morgan fingerprint density at radius 3 is 2.67 bits per heavy atom. The van der Waals surface area contributed by atoms with Crippen LogP contribution in [0.1, 0.15) is 37.1 Å². The van der Waals surface area contributed by atoms with Crippen molar-refractivity contribution >= 4 is 17.4 Å². The van der Waals surface area contributed by atoms with Crippen molar-refractivity contribution in [3.8, 4) is 5.75 Å². The summed E-state index contributed by atoms with van der Waals surface area (Å²) in [5, 5.41) is 11.0. The summed E-state index contributed by atoms with van der Waals surface area (Å²) in [5.74, 6) is -0.917.